The summed E-state index contributed by atoms with van der Waals surface area (Å²) in [5, 5.41) is 8.94. The molecule has 0 radical (unpaired) electrons. The Hall–Kier alpha value is -1.32. The standard InChI is InChI=1S/C39H74O4/c1-3-5-7-9-11-13-15-17-18-19-20-21-23-25-27-29-33-37(34-31-32-35-38(40)41)43-39(42)36-30-28-26-24-22-16-14-12-10-8-6-4-2/h10,12,37H,3-9,11,13-36H2,1-2H3,(H,40,41)/b12-10-. The molecule has 4 nitrogen and oxygen atoms in total. The molecule has 0 saturated carbocycles. The third kappa shape index (κ3) is 35.0. The van der Waals surface area contributed by atoms with Gasteiger partial charge < -0.3 is 9.84 Å². The first-order chi connectivity index (χ1) is 21.1. The van der Waals surface area contributed by atoms with Gasteiger partial charge in [0.2, 0.25) is 0 Å². The molecule has 0 aliphatic carbocycles. The number of rotatable bonds is 35. The van der Waals surface area contributed by atoms with Crippen LogP contribution in [0.2, 0.25) is 0 Å². The fourth-order valence-corrected chi connectivity index (χ4v) is 5.87. The second kappa shape index (κ2) is 35.2. The van der Waals surface area contributed by atoms with Crippen LogP contribution in [0.25, 0.3) is 0 Å². The van der Waals surface area contributed by atoms with Crippen molar-refractivity contribution in [1.29, 1.82) is 0 Å². The highest BCUT2D eigenvalue weighted by molar-refractivity contribution is 5.69. The van der Waals surface area contributed by atoms with Crippen LogP contribution >= 0.6 is 0 Å². The van der Waals surface area contributed by atoms with E-state index in [9.17, 15) is 9.59 Å². The predicted octanol–water partition coefficient (Wildman–Crippen LogP) is 13.1. The van der Waals surface area contributed by atoms with Gasteiger partial charge in [-0.2, -0.15) is 0 Å². The Kier molecular flexibility index (Phi) is 34.1. The van der Waals surface area contributed by atoms with Crippen LogP contribution in [0.3, 0.4) is 0 Å². The highest BCUT2D eigenvalue weighted by Crippen LogP contribution is 2.18. The Morgan fingerprint density at radius 1 is 0.488 bits per heavy atom. The average Bonchev–Trinajstić information content (AvgIpc) is 2.99. The summed E-state index contributed by atoms with van der Waals surface area (Å²) in [6, 6.07) is 0. The number of hydrogen-bond acceptors (Lipinski definition) is 3. The zero-order valence-corrected chi connectivity index (χ0v) is 29.0. The molecular formula is C39H74O4. The Morgan fingerprint density at radius 3 is 1.35 bits per heavy atom. The van der Waals surface area contributed by atoms with Gasteiger partial charge in [-0.15, -0.1) is 0 Å². The van der Waals surface area contributed by atoms with E-state index in [2.05, 4.69) is 26.0 Å². The molecule has 0 aliphatic rings. The minimum Gasteiger partial charge on any atom is -0.481 e. The maximum atomic E-state index is 12.5. The number of hydrogen-bond donors (Lipinski definition) is 1. The van der Waals surface area contributed by atoms with E-state index >= 15 is 0 Å². The van der Waals surface area contributed by atoms with E-state index in [-0.39, 0.29) is 18.5 Å². The number of esters is 1. The molecule has 0 aliphatic heterocycles. The number of carboxylic acid groups (broad SMARTS) is 1. The first-order valence-corrected chi connectivity index (χ1v) is 19.2. The Bertz CT molecular complexity index is 614. The minimum absolute atomic E-state index is 0.0432. The number of ether oxygens (including phenoxy) is 1. The maximum Gasteiger partial charge on any atom is 0.306 e. The second-order valence-corrected chi connectivity index (χ2v) is 13.1. The number of aliphatic carboxylic acids is 1. The lowest BCUT2D eigenvalue weighted by Crippen LogP contribution is -2.18. The average molecular weight is 607 g/mol. The van der Waals surface area contributed by atoms with Gasteiger partial charge in [0.25, 0.3) is 0 Å². The number of carboxylic acids is 1. The van der Waals surface area contributed by atoms with Gasteiger partial charge in [-0.25, -0.2) is 0 Å². The Morgan fingerprint density at radius 2 is 0.860 bits per heavy atom. The summed E-state index contributed by atoms with van der Waals surface area (Å²) < 4.78 is 5.89. The van der Waals surface area contributed by atoms with E-state index in [1.54, 1.807) is 0 Å². The molecule has 0 heterocycles. The highest BCUT2D eigenvalue weighted by Gasteiger charge is 2.14. The zero-order chi connectivity index (χ0) is 31.5. The van der Waals surface area contributed by atoms with E-state index in [0.717, 1.165) is 38.5 Å². The molecule has 0 amide bonds. The highest BCUT2D eigenvalue weighted by atomic mass is 16.5. The molecule has 0 aromatic carbocycles. The SMILES string of the molecule is CCCC/C=C\CCCCCCCCC(=O)OC(CCCCCCCCCCCCCCCCCC)CCCCC(=O)O. The summed E-state index contributed by atoms with van der Waals surface area (Å²) in [4.78, 5) is 23.4. The van der Waals surface area contributed by atoms with Crippen molar-refractivity contribution in [1.82, 2.24) is 0 Å². The lowest BCUT2D eigenvalue weighted by Gasteiger charge is -2.18. The molecule has 1 N–H and O–H groups in total. The van der Waals surface area contributed by atoms with E-state index in [1.807, 2.05) is 0 Å². The van der Waals surface area contributed by atoms with Crippen molar-refractivity contribution < 1.29 is 19.4 Å². The molecule has 0 fully saturated rings. The van der Waals surface area contributed by atoms with Gasteiger partial charge in [0.1, 0.15) is 6.10 Å². The molecule has 4 heteroatoms. The van der Waals surface area contributed by atoms with Crippen LogP contribution in [-0.2, 0) is 14.3 Å². The number of unbranched alkanes of at least 4 members (excludes halogenated alkanes) is 24. The van der Waals surface area contributed by atoms with Crippen molar-refractivity contribution in [3.8, 4) is 0 Å². The molecule has 0 saturated heterocycles. The monoisotopic (exact) mass is 607 g/mol. The van der Waals surface area contributed by atoms with Gasteiger partial charge in [-0.1, -0.05) is 161 Å². The molecule has 43 heavy (non-hydrogen) atoms. The largest absolute Gasteiger partial charge is 0.481 e. The minimum atomic E-state index is -0.741. The molecule has 0 spiro atoms. The fraction of sp³-hybridized carbons (Fsp3) is 0.897. The van der Waals surface area contributed by atoms with Gasteiger partial charge in [-0.3, -0.25) is 9.59 Å². The summed E-state index contributed by atoms with van der Waals surface area (Å²) in [5.74, 6) is -0.799. The van der Waals surface area contributed by atoms with E-state index in [1.165, 1.54) is 148 Å². The summed E-state index contributed by atoms with van der Waals surface area (Å²) in [6.45, 7) is 4.52. The smallest absolute Gasteiger partial charge is 0.306 e. The van der Waals surface area contributed by atoms with Crippen molar-refractivity contribution in [2.75, 3.05) is 0 Å². The van der Waals surface area contributed by atoms with Crippen LogP contribution in [0.15, 0.2) is 12.2 Å². The lowest BCUT2D eigenvalue weighted by atomic mass is 10.0. The zero-order valence-electron chi connectivity index (χ0n) is 29.0. The van der Waals surface area contributed by atoms with Crippen LogP contribution in [0, 0.1) is 0 Å². The Labute approximate surface area is 268 Å². The summed E-state index contributed by atoms with van der Waals surface area (Å²) in [6.07, 6.45) is 42.2. The van der Waals surface area contributed by atoms with Crippen molar-refractivity contribution in [3.05, 3.63) is 12.2 Å². The molecule has 0 rings (SSSR count). The fourth-order valence-electron chi connectivity index (χ4n) is 5.87. The normalized spacial score (nSPS) is 12.2. The van der Waals surface area contributed by atoms with Crippen LogP contribution < -0.4 is 0 Å². The van der Waals surface area contributed by atoms with Gasteiger partial charge >= 0.3 is 11.9 Å². The van der Waals surface area contributed by atoms with Crippen LogP contribution in [0.4, 0.5) is 0 Å². The second-order valence-electron chi connectivity index (χ2n) is 13.1. The van der Waals surface area contributed by atoms with Gasteiger partial charge in [0.05, 0.1) is 0 Å². The first kappa shape index (κ1) is 41.7. The molecular weight excluding hydrogens is 532 g/mol. The molecule has 0 aromatic heterocycles. The Balaban J connectivity index is 3.87. The molecule has 0 aromatic rings. The quantitative estimate of drug-likeness (QED) is 0.0443. The molecule has 254 valence electrons. The molecule has 1 unspecified atom stereocenters. The van der Waals surface area contributed by atoms with Crippen LogP contribution in [-0.4, -0.2) is 23.1 Å². The van der Waals surface area contributed by atoms with Crippen molar-refractivity contribution in [2.45, 2.75) is 225 Å². The van der Waals surface area contributed by atoms with E-state index in [4.69, 9.17) is 9.84 Å². The maximum absolute atomic E-state index is 12.5. The van der Waals surface area contributed by atoms with Gasteiger partial charge in [-0.05, 0) is 57.8 Å². The van der Waals surface area contributed by atoms with Gasteiger partial charge in [0, 0.05) is 12.8 Å². The third-order valence-corrected chi connectivity index (χ3v) is 8.74. The third-order valence-electron chi connectivity index (χ3n) is 8.74. The molecule has 0 bridgehead atoms. The lowest BCUT2D eigenvalue weighted by molar-refractivity contribution is -0.150. The number of carbonyl (C=O) groups is 2. The van der Waals surface area contributed by atoms with Crippen molar-refractivity contribution in [3.63, 3.8) is 0 Å². The predicted molar refractivity (Wildman–Crippen MR) is 186 cm³/mol. The number of carbonyl (C=O) groups excluding carboxylic acids is 1. The number of allylic oxidation sites excluding steroid dienone is 2. The van der Waals surface area contributed by atoms with Crippen molar-refractivity contribution >= 4 is 11.9 Å². The topological polar surface area (TPSA) is 63.6 Å². The molecule has 1 atom stereocenters. The summed E-state index contributed by atoms with van der Waals surface area (Å²) >= 11 is 0. The van der Waals surface area contributed by atoms with E-state index in [0.29, 0.717) is 12.8 Å². The van der Waals surface area contributed by atoms with Crippen molar-refractivity contribution in [2.24, 2.45) is 0 Å². The van der Waals surface area contributed by atoms with Crippen LogP contribution in [0.1, 0.15) is 219 Å². The van der Waals surface area contributed by atoms with Gasteiger partial charge in [0.15, 0.2) is 0 Å². The van der Waals surface area contributed by atoms with E-state index < -0.39 is 5.97 Å². The first-order valence-electron chi connectivity index (χ1n) is 19.2. The summed E-state index contributed by atoms with van der Waals surface area (Å²) in [7, 11) is 0. The summed E-state index contributed by atoms with van der Waals surface area (Å²) in [5.41, 5.74) is 0. The van der Waals surface area contributed by atoms with Crippen LogP contribution in [0.5, 0.6) is 0 Å².